The van der Waals surface area contributed by atoms with Gasteiger partial charge in [0.15, 0.2) is 6.10 Å². The van der Waals surface area contributed by atoms with Gasteiger partial charge in [0.25, 0.3) is 5.91 Å². The van der Waals surface area contributed by atoms with Crippen molar-refractivity contribution in [3.8, 4) is 0 Å². The first-order valence-electron chi connectivity index (χ1n) is 7.83. The summed E-state index contributed by atoms with van der Waals surface area (Å²) >= 11 is 0. The molecule has 1 atom stereocenters. The van der Waals surface area contributed by atoms with Crippen LogP contribution >= 0.6 is 0 Å². The Bertz CT molecular complexity index is 602. The van der Waals surface area contributed by atoms with Crippen molar-refractivity contribution in [2.24, 2.45) is 7.05 Å². The van der Waals surface area contributed by atoms with Gasteiger partial charge in [-0.05, 0) is 38.8 Å². The summed E-state index contributed by atoms with van der Waals surface area (Å²) in [5.74, 6) is -1.24. The molecule has 1 aromatic heterocycles. The van der Waals surface area contributed by atoms with E-state index in [-0.39, 0.29) is 6.04 Å². The van der Waals surface area contributed by atoms with Gasteiger partial charge in [0.1, 0.15) is 5.69 Å². The minimum Gasteiger partial charge on any atom is -0.448 e. The molecule has 0 aliphatic heterocycles. The number of nitrogens with one attached hydrogen (secondary N) is 2. The van der Waals surface area contributed by atoms with Gasteiger partial charge in [-0.15, -0.1) is 0 Å². The van der Waals surface area contributed by atoms with E-state index < -0.39 is 24.0 Å². The van der Waals surface area contributed by atoms with Crippen molar-refractivity contribution in [1.82, 2.24) is 15.2 Å². The zero-order valence-electron chi connectivity index (χ0n) is 13.7. The SMILES string of the molecule is Cc1ccc(C(=O)OC(C)C(=O)NC(=O)NC2CCCC2)n1C. The van der Waals surface area contributed by atoms with E-state index in [1.165, 1.54) is 6.92 Å². The molecule has 2 N–H and O–H groups in total. The van der Waals surface area contributed by atoms with E-state index in [9.17, 15) is 14.4 Å². The molecule has 0 radical (unpaired) electrons. The lowest BCUT2D eigenvalue weighted by Crippen LogP contribution is -2.47. The zero-order chi connectivity index (χ0) is 17.0. The Morgan fingerprint density at radius 1 is 1.26 bits per heavy atom. The minimum atomic E-state index is -1.05. The highest BCUT2D eigenvalue weighted by atomic mass is 16.5. The van der Waals surface area contributed by atoms with Crippen LogP contribution in [0.25, 0.3) is 0 Å². The molecule has 7 heteroatoms. The Kier molecular flexibility index (Phi) is 5.41. The van der Waals surface area contributed by atoms with E-state index >= 15 is 0 Å². The molecule has 7 nitrogen and oxygen atoms in total. The number of ether oxygens (including phenoxy) is 1. The number of hydrogen-bond acceptors (Lipinski definition) is 4. The van der Waals surface area contributed by atoms with Crippen LogP contribution < -0.4 is 10.6 Å². The molecule has 0 spiro atoms. The molecule has 2 rings (SSSR count). The monoisotopic (exact) mass is 321 g/mol. The standard InChI is InChI=1S/C16H23N3O4/c1-10-8-9-13(19(10)3)15(21)23-11(2)14(20)18-16(22)17-12-6-4-5-7-12/h8-9,11-12H,4-7H2,1-3H3,(H2,17,18,20,22). The number of carbonyl (C=O) groups is 3. The van der Waals surface area contributed by atoms with Crippen molar-refractivity contribution in [2.75, 3.05) is 0 Å². The van der Waals surface area contributed by atoms with E-state index in [2.05, 4.69) is 10.6 Å². The molecule has 1 heterocycles. The number of esters is 1. The lowest BCUT2D eigenvalue weighted by Gasteiger charge is -2.15. The van der Waals surface area contributed by atoms with Gasteiger partial charge in [0.05, 0.1) is 0 Å². The number of amides is 3. The molecule has 1 aliphatic carbocycles. The second-order valence-corrected chi connectivity index (χ2v) is 5.91. The smallest absolute Gasteiger partial charge is 0.355 e. The second-order valence-electron chi connectivity index (χ2n) is 5.91. The van der Waals surface area contributed by atoms with Crippen LogP contribution in [-0.2, 0) is 16.6 Å². The number of aromatic nitrogens is 1. The predicted octanol–water partition coefficient (Wildman–Crippen LogP) is 1.65. The molecule has 1 saturated carbocycles. The molecule has 1 aliphatic rings. The highest BCUT2D eigenvalue weighted by Gasteiger charge is 2.24. The Morgan fingerprint density at radius 2 is 1.91 bits per heavy atom. The maximum absolute atomic E-state index is 12.0. The average molecular weight is 321 g/mol. The molecule has 1 aromatic rings. The van der Waals surface area contributed by atoms with Crippen molar-refractivity contribution in [1.29, 1.82) is 0 Å². The third kappa shape index (κ3) is 4.34. The Labute approximate surface area is 135 Å². The number of urea groups is 1. The summed E-state index contributed by atoms with van der Waals surface area (Å²) in [6, 6.07) is 3.00. The van der Waals surface area contributed by atoms with Crippen LogP contribution in [0.4, 0.5) is 4.79 Å². The first kappa shape index (κ1) is 17.1. The molecular weight excluding hydrogens is 298 g/mol. The minimum absolute atomic E-state index is 0.118. The number of carbonyl (C=O) groups excluding carboxylic acids is 3. The first-order valence-corrected chi connectivity index (χ1v) is 7.83. The summed E-state index contributed by atoms with van der Waals surface area (Å²) in [6.45, 7) is 3.30. The van der Waals surface area contributed by atoms with E-state index in [1.807, 2.05) is 6.92 Å². The Hall–Kier alpha value is -2.31. The highest BCUT2D eigenvalue weighted by molar-refractivity contribution is 5.98. The van der Waals surface area contributed by atoms with Gasteiger partial charge in [0, 0.05) is 18.8 Å². The van der Waals surface area contributed by atoms with E-state index in [0.29, 0.717) is 5.69 Å². The normalized spacial score (nSPS) is 16.0. The summed E-state index contributed by atoms with van der Waals surface area (Å²) in [5, 5.41) is 4.96. The summed E-state index contributed by atoms with van der Waals surface area (Å²) in [7, 11) is 1.74. The molecule has 23 heavy (non-hydrogen) atoms. The van der Waals surface area contributed by atoms with Crippen LogP contribution in [0.5, 0.6) is 0 Å². The topological polar surface area (TPSA) is 89.4 Å². The third-order valence-corrected chi connectivity index (χ3v) is 4.16. The van der Waals surface area contributed by atoms with Crippen molar-refractivity contribution >= 4 is 17.9 Å². The van der Waals surface area contributed by atoms with E-state index in [1.54, 1.807) is 23.7 Å². The Balaban J connectivity index is 1.83. The molecule has 0 bridgehead atoms. The van der Waals surface area contributed by atoms with Crippen molar-refractivity contribution < 1.29 is 19.1 Å². The van der Waals surface area contributed by atoms with Crippen LogP contribution in [0.3, 0.4) is 0 Å². The van der Waals surface area contributed by atoms with Gasteiger partial charge >= 0.3 is 12.0 Å². The van der Waals surface area contributed by atoms with Crippen molar-refractivity contribution in [3.05, 3.63) is 23.5 Å². The fourth-order valence-corrected chi connectivity index (χ4v) is 2.60. The molecule has 0 saturated heterocycles. The number of hydrogen-bond donors (Lipinski definition) is 2. The maximum Gasteiger partial charge on any atom is 0.355 e. The quantitative estimate of drug-likeness (QED) is 0.825. The van der Waals surface area contributed by atoms with Crippen LogP contribution in [0.1, 0.15) is 48.8 Å². The number of aryl methyl sites for hydroxylation is 1. The predicted molar refractivity (Wildman–Crippen MR) is 84.0 cm³/mol. The average Bonchev–Trinajstić information content (AvgIpc) is 3.10. The van der Waals surface area contributed by atoms with Gasteiger partial charge in [-0.25, -0.2) is 9.59 Å². The second kappa shape index (κ2) is 7.30. The molecule has 1 unspecified atom stereocenters. The van der Waals surface area contributed by atoms with Gasteiger partial charge in [-0.2, -0.15) is 0 Å². The lowest BCUT2D eigenvalue weighted by molar-refractivity contribution is -0.127. The number of imide groups is 1. The van der Waals surface area contributed by atoms with E-state index in [0.717, 1.165) is 31.4 Å². The summed E-state index contributed by atoms with van der Waals surface area (Å²) < 4.78 is 6.79. The fraction of sp³-hybridized carbons (Fsp3) is 0.562. The van der Waals surface area contributed by atoms with E-state index in [4.69, 9.17) is 4.74 Å². The van der Waals surface area contributed by atoms with Crippen LogP contribution in [0.15, 0.2) is 12.1 Å². The molecule has 126 valence electrons. The molecule has 0 aromatic carbocycles. The van der Waals surface area contributed by atoms with Crippen LogP contribution in [0.2, 0.25) is 0 Å². The largest absolute Gasteiger partial charge is 0.448 e. The van der Waals surface area contributed by atoms with Gasteiger partial charge in [-0.1, -0.05) is 12.8 Å². The van der Waals surface area contributed by atoms with Gasteiger partial charge in [-0.3, -0.25) is 10.1 Å². The lowest BCUT2D eigenvalue weighted by atomic mass is 10.2. The summed E-state index contributed by atoms with van der Waals surface area (Å²) in [6.07, 6.45) is 2.98. The fourth-order valence-electron chi connectivity index (χ4n) is 2.60. The van der Waals surface area contributed by atoms with Gasteiger partial charge < -0.3 is 14.6 Å². The van der Waals surface area contributed by atoms with Gasteiger partial charge in [0.2, 0.25) is 0 Å². The summed E-state index contributed by atoms with van der Waals surface area (Å²) in [5.41, 5.74) is 1.27. The van der Waals surface area contributed by atoms with Crippen LogP contribution in [-0.4, -0.2) is 34.6 Å². The summed E-state index contributed by atoms with van der Waals surface area (Å²) in [4.78, 5) is 35.7. The zero-order valence-corrected chi connectivity index (χ0v) is 13.7. The number of rotatable bonds is 4. The molecule has 3 amide bonds. The van der Waals surface area contributed by atoms with Crippen LogP contribution in [0, 0.1) is 6.92 Å². The number of nitrogens with zero attached hydrogens (tertiary/aromatic N) is 1. The maximum atomic E-state index is 12.0. The first-order chi connectivity index (χ1) is 10.9. The molecular formula is C16H23N3O4. The Morgan fingerprint density at radius 3 is 2.48 bits per heavy atom. The third-order valence-electron chi connectivity index (χ3n) is 4.16. The molecule has 1 fully saturated rings. The van der Waals surface area contributed by atoms with Crippen molar-refractivity contribution in [2.45, 2.75) is 51.7 Å². The van der Waals surface area contributed by atoms with Crippen molar-refractivity contribution in [3.63, 3.8) is 0 Å². The highest BCUT2D eigenvalue weighted by Crippen LogP contribution is 2.17.